The number of alkyl halides is 1. The summed E-state index contributed by atoms with van der Waals surface area (Å²) in [5, 5.41) is 11.8. The van der Waals surface area contributed by atoms with Crippen molar-refractivity contribution in [1.82, 2.24) is 0 Å². The Kier molecular flexibility index (Phi) is 4.52. The molecule has 0 aromatic heterocycles. The van der Waals surface area contributed by atoms with Crippen molar-refractivity contribution in [3.63, 3.8) is 0 Å². The maximum atomic E-state index is 9.12. The van der Waals surface area contributed by atoms with Crippen molar-refractivity contribution >= 4 is 34.1 Å². The Labute approximate surface area is 117 Å². The third-order valence-electron chi connectivity index (χ3n) is 2.85. The molecule has 2 aromatic rings. The summed E-state index contributed by atoms with van der Waals surface area (Å²) in [4.78, 5) is 1.22. The van der Waals surface area contributed by atoms with Crippen LogP contribution < -0.4 is 0 Å². The molecule has 0 spiro atoms. The lowest BCUT2D eigenvalue weighted by molar-refractivity contribution is 0.913. The number of nitriles is 1. The van der Waals surface area contributed by atoms with E-state index in [1.807, 2.05) is 42.1 Å². The van der Waals surface area contributed by atoms with Crippen molar-refractivity contribution in [2.75, 3.05) is 5.88 Å². The second kappa shape index (κ2) is 6.13. The zero-order valence-electron chi connectivity index (χ0n) is 10.2. The lowest BCUT2D eigenvalue weighted by Gasteiger charge is -2.12. The first-order valence-electron chi connectivity index (χ1n) is 5.90. The van der Waals surface area contributed by atoms with Gasteiger partial charge in [-0.3, -0.25) is 0 Å². The monoisotopic (exact) mass is 275 g/mol. The standard InChI is InChI=1S/C15H14ClNS/c1-11(8-9-16)18-15-7-6-12(10-17)13-4-2-3-5-14(13)15/h2-7,11H,8-9H2,1H3. The SMILES string of the molecule is CC(CCCl)Sc1ccc(C#N)c2ccccc12. The van der Waals surface area contributed by atoms with Crippen molar-refractivity contribution in [3.8, 4) is 6.07 Å². The van der Waals surface area contributed by atoms with E-state index in [0.717, 1.165) is 22.8 Å². The van der Waals surface area contributed by atoms with Gasteiger partial charge in [0.2, 0.25) is 0 Å². The average Bonchev–Trinajstić information content (AvgIpc) is 2.39. The zero-order valence-corrected chi connectivity index (χ0v) is 11.8. The molecule has 0 aliphatic heterocycles. The molecule has 1 unspecified atom stereocenters. The van der Waals surface area contributed by atoms with Crippen LogP contribution in [-0.2, 0) is 0 Å². The smallest absolute Gasteiger partial charge is 0.0998 e. The largest absolute Gasteiger partial charge is 0.192 e. The Morgan fingerprint density at radius 2 is 1.94 bits per heavy atom. The predicted molar refractivity (Wildman–Crippen MR) is 79.3 cm³/mol. The van der Waals surface area contributed by atoms with Crippen LogP contribution in [-0.4, -0.2) is 11.1 Å². The first kappa shape index (κ1) is 13.3. The molecule has 0 saturated heterocycles. The molecule has 0 radical (unpaired) electrons. The van der Waals surface area contributed by atoms with Gasteiger partial charge in [0.05, 0.1) is 11.6 Å². The van der Waals surface area contributed by atoms with Gasteiger partial charge in [-0.1, -0.05) is 31.2 Å². The highest BCUT2D eigenvalue weighted by Crippen LogP contribution is 2.33. The van der Waals surface area contributed by atoms with Gasteiger partial charge >= 0.3 is 0 Å². The van der Waals surface area contributed by atoms with Crippen LogP contribution in [0.1, 0.15) is 18.9 Å². The Morgan fingerprint density at radius 3 is 2.61 bits per heavy atom. The van der Waals surface area contributed by atoms with Crippen LogP contribution in [0.15, 0.2) is 41.3 Å². The Balaban J connectivity index is 2.44. The molecule has 0 N–H and O–H groups in total. The molecular weight excluding hydrogens is 262 g/mol. The molecule has 0 aliphatic carbocycles. The summed E-state index contributed by atoms with van der Waals surface area (Å²) in [6.45, 7) is 2.18. The minimum Gasteiger partial charge on any atom is -0.192 e. The highest BCUT2D eigenvalue weighted by atomic mass is 35.5. The number of rotatable bonds is 4. The maximum Gasteiger partial charge on any atom is 0.0998 e. The number of benzene rings is 2. The lowest BCUT2D eigenvalue weighted by atomic mass is 10.1. The quantitative estimate of drug-likeness (QED) is 0.590. The van der Waals surface area contributed by atoms with E-state index in [0.29, 0.717) is 11.1 Å². The number of hydrogen-bond donors (Lipinski definition) is 0. The number of fused-ring (bicyclic) bond motifs is 1. The third-order valence-corrected chi connectivity index (χ3v) is 4.31. The van der Waals surface area contributed by atoms with Crippen LogP contribution in [0.5, 0.6) is 0 Å². The zero-order chi connectivity index (χ0) is 13.0. The fraction of sp³-hybridized carbons (Fsp3) is 0.267. The highest BCUT2D eigenvalue weighted by Gasteiger charge is 2.09. The summed E-state index contributed by atoms with van der Waals surface area (Å²) in [7, 11) is 0. The van der Waals surface area contributed by atoms with Gasteiger partial charge in [0, 0.05) is 21.4 Å². The summed E-state index contributed by atoms with van der Waals surface area (Å²) in [6.07, 6.45) is 0.987. The topological polar surface area (TPSA) is 23.8 Å². The summed E-state index contributed by atoms with van der Waals surface area (Å²) >= 11 is 7.60. The van der Waals surface area contributed by atoms with Crippen LogP contribution in [0.4, 0.5) is 0 Å². The number of nitrogens with zero attached hydrogens (tertiary/aromatic N) is 1. The molecule has 0 saturated carbocycles. The first-order chi connectivity index (χ1) is 8.76. The van der Waals surface area contributed by atoms with Gasteiger partial charge in [0.25, 0.3) is 0 Å². The molecule has 2 aromatic carbocycles. The van der Waals surface area contributed by atoms with E-state index in [1.54, 1.807) is 0 Å². The number of halogens is 1. The second-order valence-electron chi connectivity index (χ2n) is 4.17. The van der Waals surface area contributed by atoms with Crippen LogP contribution in [0, 0.1) is 11.3 Å². The molecule has 3 heteroatoms. The van der Waals surface area contributed by atoms with E-state index in [4.69, 9.17) is 16.9 Å². The van der Waals surface area contributed by atoms with E-state index < -0.39 is 0 Å². The molecule has 0 amide bonds. The Morgan fingerprint density at radius 1 is 1.22 bits per heavy atom. The van der Waals surface area contributed by atoms with Crippen molar-refractivity contribution < 1.29 is 0 Å². The minimum absolute atomic E-state index is 0.485. The van der Waals surface area contributed by atoms with E-state index in [-0.39, 0.29) is 0 Å². The van der Waals surface area contributed by atoms with Crippen LogP contribution in [0.25, 0.3) is 10.8 Å². The number of hydrogen-bond acceptors (Lipinski definition) is 2. The average molecular weight is 276 g/mol. The van der Waals surface area contributed by atoms with Crippen molar-refractivity contribution in [1.29, 1.82) is 5.26 Å². The van der Waals surface area contributed by atoms with Crippen molar-refractivity contribution in [2.45, 2.75) is 23.5 Å². The van der Waals surface area contributed by atoms with Crippen LogP contribution in [0.3, 0.4) is 0 Å². The molecule has 2 rings (SSSR count). The first-order valence-corrected chi connectivity index (χ1v) is 7.32. The summed E-state index contributed by atoms with van der Waals surface area (Å²) in [6, 6.07) is 14.2. The normalized spacial score (nSPS) is 12.3. The summed E-state index contributed by atoms with van der Waals surface area (Å²) < 4.78 is 0. The van der Waals surface area contributed by atoms with Crippen LogP contribution >= 0.6 is 23.4 Å². The minimum atomic E-state index is 0.485. The lowest BCUT2D eigenvalue weighted by Crippen LogP contribution is -1.96. The van der Waals surface area contributed by atoms with E-state index >= 15 is 0 Å². The molecular formula is C15H14ClNS. The van der Waals surface area contributed by atoms with E-state index in [1.165, 1.54) is 4.90 Å². The third kappa shape index (κ3) is 2.80. The van der Waals surface area contributed by atoms with Gasteiger partial charge in [-0.25, -0.2) is 0 Å². The highest BCUT2D eigenvalue weighted by molar-refractivity contribution is 8.00. The molecule has 18 heavy (non-hydrogen) atoms. The molecule has 0 heterocycles. The van der Waals surface area contributed by atoms with Gasteiger partial charge < -0.3 is 0 Å². The Bertz CT molecular complexity index is 589. The number of thioether (sulfide) groups is 1. The molecule has 0 bridgehead atoms. The molecule has 0 fully saturated rings. The molecule has 1 nitrogen and oxygen atoms in total. The molecule has 0 aliphatic rings. The predicted octanol–water partition coefficient (Wildman–Crippen LogP) is 4.82. The fourth-order valence-electron chi connectivity index (χ4n) is 1.90. The van der Waals surface area contributed by atoms with Gasteiger partial charge in [-0.2, -0.15) is 5.26 Å². The molecule has 1 atom stereocenters. The maximum absolute atomic E-state index is 9.12. The van der Waals surface area contributed by atoms with Gasteiger partial charge in [-0.05, 0) is 23.9 Å². The fourth-order valence-corrected chi connectivity index (χ4v) is 3.48. The van der Waals surface area contributed by atoms with E-state index in [9.17, 15) is 0 Å². The second-order valence-corrected chi connectivity index (χ2v) is 6.03. The Hall–Kier alpha value is -1.17. The van der Waals surface area contributed by atoms with Gasteiger partial charge in [-0.15, -0.1) is 23.4 Å². The summed E-state index contributed by atoms with van der Waals surface area (Å²) in [5.74, 6) is 0.683. The van der Waals surface area contributed by atoms with E-state index in [2.05, 4.69) is 19.1 Å². The van der Waals surface area contributed by atoms with Crippen molar-refractivity contribution in [3.05, 3.63) is 42.0 Å². The van der Waals surface area contributed by atoms with Crippen LogP contribution in [0.2, 0.25) is 0 Å². The van der Waals surface area contributed by atoms with Gasteiger partial charge in [0.1, 0.15) is 0 Å². The van der Waals surface area contributed by atoms with Gasteiger partial charge in [0.15, 0.2) is 0 Å². The molecule has 92 valence electrons. The summed E-state index contributed by atoms with van der Waals surface area (Å²) in [5.41, 5.74) is 0.736. The van der Waals surface area contributed by atoms with Crippen molar-refractivity contribution in [2.24, 2.45) is 0 Å².